The van der Waals surface area contributed by atoms with Gasteiger partial charge < -0.3 is 14.5 Å². The van der Waals surface area contributed by atoms with E-state index in [1.807, 2.05) is 0 Å². The lowest BCUT2D eigenvalue weighted by molar-refractivity contribution is 0.384. The minimum absolute atomic E-state index is 0.218. The largest absolute Gasteiger partial charge is 0.494 e. The molecule has 0 atom stereocenters. The summed E-state index contributed by atoms with van der Waals surface area (Å²) in [6.45, 7) is 0. The molecule has 1 aromatic heterocycles. The van der Waals surface area contributed by atoms with Gasteiger partial charge in [-0.2, -0.15) is 0 Å². The summed E-state index contributed by atoms with van der Waals surface area (Å²) in [5.74, 6) is -0.191. The van der Waals surface area contributed by atoms with Crippen molar-refractivity contribution in [1.29, 1.82) is 0 Å². The topological polar surface area (TPSA) is 47.1 Å². The molecule has 0 aliphatic heterocycles. The monoisotopic (exact) mass is 222 g/mol. The maximum Gasteiger partial charge on any atom is 0.293 e. The highest BCUT2D eigenvalue weighted by Crippen LogP contribution is 2.25. The molecule has 0 bridgehead atoms. The van der Waals surface area contributed by atoms with Crippen LogP contribution in [0.3, 0.4) is 0 Å². The number of nitrogens with zero attached hydrogens (tertiary/aromatic N) is 1. The Morgan fingerprint density at radius 3 is 2.62 bits per heavy atom. The van der Waals surface area contributed by atoms with E-state index in [2.05, 4.69) is 9.97 Å². The molecule has 16 heavy (non-hydrogen) atoms. The second kappa shape index (κ2) is 4.22. The summed E-state index contributed by atoms with van der Waals surface area (Å²) in [5.41, 5.74) is 1.38. The normalized spacial score (nSPS) is 10.2. The van der Waals surface area contributed by atoms with Crippen LogP contribution in [0.2, 0.25) is 0 Å². The van der Waals surface area contributed by atoms with E-state index < -0.39 is 5.82 Å². The lowest BCUT2D eigenvalue weighted by Crippen LogP contribution is -1.89. The fraction of sp³-hybridized carbons (Fsp3) is 0.182. The lowest BCUT2D eigenvalue weighted by Gasteiger charge is -2.03. The molecule has 0 aliphatic carbocycles. The highest BCUT2D eigenvalue weighted by atomic mass is 19.1. The van der Waals surface area contributed by atoms with Gasteiger partial charge in [0.15, 0.2) is 11.6 Å². The van der Waals surface area contributed by atoms with Gasteiger partial charge in [0.2, 0.25) is 0 Å². The molecule has 4 nitrogen and oxygen atoms in total. The minimum atomic E-state index is -0.409. The maximum atomic E-state index is 13.4. The molecule has 5 heteroatoms. The van der Waals surface area contributed by atoms with E-state index >= 15 is 0 Å². The minimum Gasteiger partial charge on any atom is -0.494 e. The number of imidazole rings is 1. The Morgan fingerprint density at radius 2 is 2.06 bits per heavy atom. The Balaban J connectivity index is 2.37. The molecule has 2 rings (SSSR count). The molecule has 2 aromatic rings. The number of aromatic amines is 1. The van der Waals surface area contributed by atoms with Gasteiger partial charge in [-0.3, -0.25) is 0 Å². The molecule has 0 aliphatic rings. The number of hydrogen-bond donors (Lipinski definition) is 1. The first-order chi connectivity index (χ1) is 7.74. The van der Waals surface area contributed by atoms with Crippen LogP contribution < -0.4 is 9.47 Å². The molecule has 0 amide bonds. The van der Waals surface area contributed by atoms with Crippen molar-refractivity contribution in [3.8, 4) is 23.0 Å². The van der Waals surface area contributed by atoms with E-state index in [0.29, 0.717) is 17.3 Å². The van der Waals surface area contributed by atoms with Gasteiger partial charge in [0.05, 0.1) is 26.1 Å². The van der Waals surface area contributed by atoms with Crippen molar-refractivity contribution in [2.75, 3.05) is 14.2 Å². The third-order valence-electron chi connectivity index (χ3n) is 2.21. The molecule has 84 valence electrons. The fourth-order valence-electron chi connectivity index (χ4n) is 1.39. The average molecular weight is 222 g/mol. The van der Waals surface area contributed by atoms with Crippen molar-refractivity contribution in [3.63, 3.8) is 0 Å². The quantitative estimate of drug-likeness (QED) is 0.866. The Kier molecular flexibility index (Phi) is 2.76. The second-order valence-electron chi connectivity index (χ2n) is 3.16. The molecule has 1 aromatic carbocycles. The van der Waals surface area contributed by atoms with Gasteiger partial charge in [0, 0.05) is 5.56 Å². The number of aromatic nitrogens is 2. The van der Waals surface area contributed by atoms with Crippen molar-refractivity contribution in [3.05, 3.63) is 30.2 Å². The third-order valence-corrected chi connectivity index (χ3v) is 2.21. The summed E-state index contributed by atoms with van der Waals surface area (Å²) >= 11 is 0. The first-order valence-electron chi connectivity index (χ1n) is 4.67. The van der Waals surface area contributed by atoms with Crippen molar-refractivity contribution in [2.45, 2.75) is 0 Å². The highest BCUT2D eigenvalue weighted by Gasteiger charge is 2.07. The van der Waals surface area contributed by atoms with Crippen LogP contribution in [-0.2, 0) is 0 Å². The zero-order valence-corrected chi connectivity index (χ0v) is 8.95. The third kappa shape index (κ3) is 1.84. The molecule has 0 saturated carbocycles. The smallest absolute Gasteiger partial charge is 0.293 e. The van der Waals surface area contributed by atoms with Crippen LogP contribution in [0, 0.1) is 5.82 Å². The van der Waals surface area contributed by atoms with Crippen molar-refractivity contribution in [1.82, 2.24) is 9.97 Å². The number of hydrogen-bond acceptors (Lipinski definition) is 3. The number of halogens is 1. The average Bonchev–Trinajstić information content (AvgIpc) is 2.77. The van der Waals surface area contributed by atoms with Crippen LogP contribution in [0.4, 0.5) is 4.39 Å². The zero-order valence-electron chi connectivity index (χ0n) is 8.95. The summed E-state index contributed by atoms with van der Waals surface area (Å²) in [7, 11) is 2.94. The molecule has 0 unspecified atom stereocenters. The molecule has 0 spiro atoms. The van der Waals surface area contributed by atoms with Crippen molar-refractivity contribution in [2.24, 2.45) is 0 Å². The lowest BCUT2D eigenvalue weighted by atomic mass is 10.1. The fourth-order valence-corrected chi connectivity index (χ4v) is 1.39. The summed E-state index contributed by atoms with van der Waals surface area (Å²) in [4.78, 5) is 6.85. The summed E-state index contributed by atoms with van der Waals surface area (Å²) in [5, 5.41) is 0. The van der Waals surface area contributed by atoms with E-state index in [9.17, 15) is 4.39 Å². The first kappa shape index (κ1) is 10.5. The second-order valence-corrected chi connectivity index (χ2v) is 3.16. The number of benzene rings is 1. The SMILES string of the molecule is COc1ncc(-c2ccc(OC)c(F)c2)[nH]1. The van der Waals surface area contributed by atoms with Crippen LogP contribution in [0.25, 0.3) is 11.3 Å². The number of H-pyrrole nitrogens is 1. The summed E-state index contributed by atoms with van der Waals surface area (Å²) in [6.07, 6.45) is 1.58. The molecule has 0 fully saturated rings. The first-order valence-corrected chi connectivity index (χ1v) is 4.67. The Labute approximate surface area is 92.0 Å². The Bertz CT molecular complexity index is 496. The van der Waals surface area contributed by atoms with Crippen molar-refractivity contribution < 1.29 is 13.9 Å². The molecule has 1 heterocycles. The van der Waals surface area contributed by atoms with Gasteiger partial charge in [0.25, 0.3) is 6.01 Å². The maximum absolute atomic E-state index is 13.4. The standard InChI is InChI=1S/C11H11FN2O2/c1-15-10-4-3-7(5-8(10)12)9-6-13-11(14-9)16-2/h3-6H,1-2H3,(H,13,14). The zero-order chi connectivity index (χ0) is 11.5. The van der Waals surface area contributed by atoms with Gasteiger partial charge in [-0.15, -0.1) is 0 Å². The van der Waals surface area contributed by atoms with E-state index in [1.54, 1.807) is 18.3 Å². The summed E-state index contributed by atoms with van der Waals surface area (Å²) < 4.78 is 23.2. The van der Waals surface area contributed by atoms with E-state index in [4.69, 9.17) is 9.47 Å². The number of nitrogens with one attached hydrogen (secondary N) is 1. The van der Waals surface area contributed by atoms with Gasteiger partial charge in [-0.1, -0.05) is 0 Å². The van der Waals surface area contributed by atoms with Crippen LogP contribution in [0.5, 0.6) is 11.8 Å². The summed E-state index contributed by atoms with van der Waals surface area (Å²) in [6, 6.07) is 5.09. The van der Waals surface area contributed by atoms with Crippen LogP contribution in [-0.4, -0.2) is 24.2 Å². The van der Waals surface area contributed by atoms with Gasteiger partial charge in [-0.05, 0) is 18.2 Å². The van der Waals surface area contributed by atoms with Crippen molar-refractivity contribution >= 4 is 0 Å². The highest BCUT2D eigenvalue weighted by molar-refractivity contribution is 5.60. The van der Waals surface area contributed by atoms with Gasteiger partial charge >= 0.3 is 0 Å². The van der Waals surface area contributed by atoms with E-state index in [-0.39, 0.29) is 5.75 Å². The predicted molar refractivity (Wildman–Crippen MR) is 57.1 cm³/mol. The van der Waals surface area contributed by atoms with Crippen LogP contribution in [0.1, 0.15) is 0 Å². The van der Waals surface area contributed by atoms with Gasteiger partial charge in [0.1, 0.15) is 0 Å². The van der Waals surface area contributed by atoms with Crippen LogP contribution >= 0.6 is 0 Å². The number of ether oxygens (including phenoxy) is 2. The van der Waals surface area contributed by atoms with Crippen LogP contribution in [0.15, 0.2) is 24.4 Å². The predicted octanol–water partition coefficient (Wildman–Crippen LogP) is 2.23. The number of rotatable bonds is 3. The van der Waals surface area contributed by atoms with E-state index in [1.165, 1.54) is 20.3 Å². The molecule has 0 saturated heterocycles. The Hall–Kier alpha value is -2.04. The number of methoxy groups -OCH3 is 2. The Morgan fingerprint density at radius 1 is 1.25 bits per heavy atom. The molecule has 1 N–H and O–H groups in total. The van der Waals surface area contributed by atoms with Gasteiger partial charge in [-0.25, -0.2) is 9.37 Å². The molecular weight excluding hydrogens is 211 g/mol. The molecular formula is C11H11FN2O2. The van der Waals surface area contributed by atoms with E-state index in [0.717, 1.165) is 0 Å². The molecule has 0 radical (unpaired) electrons.